The van der Waals surface area contributed by atoms with Crippen LogP contribution >= 0.6 is 11.3 Å². The van der Waals surface area contributed by atoms with E-state index in [1.165, 1.54) is 12.1 Å². The monoisotopic (exact) mass is 345 g/mol. The Balaban J connectivity index is 1.49. The Morgan fingerprint density at radius 2 is 1.92 bits per heavy atom. The Hall–Kier alpha value is -2.16. The van der Waals surface area contributed by atoms with Crippen molar-refractivity contribution in [3.05, 3.63) is 46.7 Å². The van der Waals surface area contributed by atoms with Crippen LogP contribution in [-0.4, -0.2) is 51.2 Å². The van der Waals surface area contributed by atoms with Gasteiger partial charge >= 0.3 is 0 Å². The summed E-state index contributed by atoms with van der Waals surface area (Å²) in [5.74, 6) is -0.272. The molecule has 0 atom stereocenters. The van der Waals surface area contributed by atoms with Gasteiger partial charge in [-0.15, -0.1) is 16.4 Å². The molecular formula is C16H16FN5OS. The van der Waals surface area contributed by atoms with Crippen LogP contribution < -0.4 is 0 Å². The van der Waals surface area contributed by atoms with E-state index >= 15 is 0 Å². The summed E-state index contributed by atoms with van der Waals surface area (Å²) in [5, 5.41) is 11.3. The number of thiazole rings is 1. The van der Waals surface area contributed by atoms with E-state index in [9.17, 15) is 4.39 Å². The molecule has 1 aliphatic heterocycles. The smallest absolute Gasteiger partial charge is 0.132 e. The lowest BCUT2D eigenvalue weighted by Crippen LogP contribution is -2.35. The van der Waals surface area contributed by atoms with Crippen LogP contribution in [-0.2, 0) is 11.3 Å². The van der Waals surface area contributed by atoms with E-state index in [4.69, 9.17) is 4.74 Å². The average Bonchev–Trinajstić information content (AvgIpc) is 3.26. The summed E-state index contributed by atoms with van der Waals surface area (Å²) in [7, 11) is 0. The van der Waals surface area contributed by atoms with Gasteiger partial charge in [0.1, 0.15) is 22.2 Å². The van der Waals surface area contributed by atoms with Crippen molar-refractivity contribution < 1.29 is 9.13 Å². The molecule has 1 aromatic carbocycles. The molecule has 3 heterocycles. The van der Waals surface area contributed by atoms with Crippen molar-refractivity contribution in [2.45, 2.75) is 6.54 Å². The second kappa shape index (κ2) is 6.76. The molecule has 0 amide bonds. The molecule has 0 bridgehead atoms. The minimum absolute atomic E-state index is 0.272. The molecule has 8 heteroatoms. The van der Waals surface area contributed by atoms with Crippen molar-refractivity contribution in [2.24, 2.45) is 0 Å². The third-order valence-corrected chi connectivity index (χ3v) is 4.69. The number of nitrogens with zero attached hydrogens (tertiary/aromatic N) is 5. The highest BCUT2D eigenvalue weighted by atomic mass is 32.1. The van der Waals surface area contributed by atoms with E-state index in [0.29, 0.717) is 5.69 Å². The van der Waals surface area contributed by atoms with Gasteiger partial charge < -0.3 is 4.74 Å². The summed E-state index contributed by atoms with van der Waals surface area (Å²) in [6.07, 6.45) is 1.81. The quantitative estimate of drug-likeness (QED) is 0.727. The van der Waals surface area contributed by atoms with Crippen molar-refractivity contribution in [3.63, 3.8) is 0 Å². The summed E-state index contributed by atoms with van der Waals surface area (Å²) in [4.78, 5) is 6.99. The van der Waals surface area contributed by atoms with Gasteiger partial charge in [0, 0.05) is 18.5 Å². The second-order valence-electron chi connectivity index (χ2n) is 5.54. The maximum atomic E-state index is 13.0. The highest BCUT2D eigenvalue weighted by Crippen LogP contribution is 2.22. The molecule has 0 radical (unpaired) electrons. The molecule has 0 unspecified atom stereocenters. The van der Waals surface area contributed by atoms with E-state index in [0.717, 1.165) is 49.2 Å². The van der Waals surface area contributed by atoms with Crippen molar-refractivity contribution >= 4 is 11.3 Å². The predicted octanol–water partition coefficient (Wildman–Crippen LogP) is 2.36. The first-order valence-electron chi connectivity index (χ1n) is 7.71. The van der Waals surface area contributed by atoms with Crippen molar-refractivity contribution in [1.29, 1.82) is 0 Å². The molecule has 0 saturated carbocycles. The van der Waals surface area contributed by atoms with E-state index in [1.807, 2.05) is 5.38 Å². The summed E-state index contributed by atoms with van der Waals surface area (Å²) >= 11 is 1.62. The van der Waals surface area contributed by atoms with Crippen LogP contribution in [0.1, 0.15) is 5.01 Å². The molecular weight excluding hydrogens is 329 g/mol. The number of hydrogen-bond donors (Lipinski definition) is 0. The third kappa shape index (κ3) is 3.35. The van der Waals surface area contributed by atoms with E-state index in [-0.39, 0.29) is 5.82 Å². The molecule has 0 N–H and O–H groups in total. The molecule has 1 aliphatic rings. The topological polar surface area (TPSA) is 56.1 Å². The van der Waals surface area contributed by atoms with Gasteiger partial charge in [-0.2, -0.15) is 0 Å². The minimum atomic E-state index is -0.272. The van der Waals surface area contributed by atoms with Gasteiger partial charge in [-0.25, -0.2) is 14.1 Å². The zero-order valence-electron chi connectivity index (χ0n) is 12.9. The third-order valence-electron chi connectivity index (χ3n) is 3.86. The van der Waals surface area contributed by atoms with Crippen LogP contribution in [0.5, 0.6) is 0 Å². The largest absolute Gasteiger partial charge is 0.379 e. The molecule has 6 nitrogen and oxygen atoms in total. The maximum Gasteiger partial charge on any atom is 0.132 e. The van der Waals surface area contributed by atoms with Crippen LogP contribution in [0.2, 0.25) is 0 Å². The molecule has 124 valence electrons. The minimum Gasteiger partial charge on any atom is -0.379 e. The van der Waals surface area contributed by atoms with Gasteiger partial charge in [0.25, 0.3) is 0 Å². The average molecular weight is 345 g/mol. The summed E-state index contributed by atoms with van der Waals surface area (Å²) in [6.45, 7) is 4.28. The number of morpholine rings is 1. The fourth-order valence-electron chi connectivity index (χ4n) is 2.55. The Morgan fingerprint density at radius 3 is 2.71 bits per heavy atom. The van der Waals surface area contributed by atoms with Gasteiger partial charge in [-0.3, -0.25) is 4.90 Å². The Kier molecular flexibility index (Phi) is 4.33. The Morgan fingerprint density at radius 1 is 1.12 bits per heavy atom. The van der Waals surface area contributed by atoms with Crippen molar-refractivity contribution in [2.75, 3.05) is 26.3 Å². The van der Waals surface area contributed by atoms with Crippen LogP contribution in [0.4, 0.5) is 4.39 Å². The summed E-state index contributed by atoms with van der Waals surface area (Å²) < 4.78 is 20.0. The fraction of sp³-hybridized carbons (Fsp3) is 0.312. The normalized spacial score (nSPS) is 15.7. The van der Waals surface area contributed by atoms with Crippen LogP contribution in [0.25, 0.3) is 17.1 Å². The summed E-state index contributed by atoms with van der Waals surface area (Å²) in [5.41, 5.74) is 2.29. The lowest BCUT2D eigenvalue weighted by molar-refractivity contribution is 0.0342. The Labute approximate surface area is 142 Å². The number of rotatable bonds is 4. The number of halogens is 1. The maximum absolute atomic E-state index is 13.0. The SMILES string of the molecule is Fc1ccc(-n2cc(-c3csc(CN4CCOCC4)n3)nn2)cc1. The lowest BCUT2D eigenvalue weighted by Gasteiger charge is -2.25. The van der Waals surface area contributed by atoms with Crippen LogP contribution in [0, 0.1) is 5.82 Å². The number of hydrogen-bond acceptors (Lipinski definition) is 6. The van der Waals surface area contributed by atoms with Crippen molar-refractivity contribution in [1.82, 2.24) is 24.9 Å². The van der Waals surface area contributed by atoms with Gasteiger partial charge in [0.05, 0.1) is 31.6 Å². The van der Waals surface area contributed by atoms with E-state index < -0.39 is 0 Å². The first kappa shape index (κ1) is 15.4. The first-order chi connectivity index (χ1) is 11.8. The molecule has 4 rings (SSSR count). The molecule has 1 fully saturated rings. The highest BCUT2D eigenvalue weighted by molar-refractivity contribution is 7.09. The second-order valence-corrected chi connectivity index (χ2v) is 6.48. The highest BCUT2D eigenvalue weighted by Gasteiger charge is 2.14. The fourth-order valence-corrected chi connectivity index (χ4v) is 3.38. The zero-order valence-corrected chi connectivity index (χ0v) is 13.7. The zero-order chi connectivity index (χ0) is 16.4. The van der Waals surface area contributed by atoms with E-state index in [2.05, 4.69) is 20.2 Å². The summed E-state index contributed by atoms with van der Waals surface area (Å²) in [6, 6.07) is 6.14. The van der Waals surface area contributed by atoms with Gasteiger partial charge in [-0.1, -0.05) is 5.21 Å². The first-order valence-corrected chi connectivity index (χ1v) is 8.59. The number of ether oxygens (including phenoxy) is 1. The van der Waals surface area contributed by atoms with E-state index in [1.54, 1.807) is 34.3 Å². The predicted molar refractivity (Wildman–Crippen MR) is 88.5 cm³/mol. The standard InChI is InChI=1S/C16H16FN5OS/c17-12-1-3-13(4-2-12)22-9-14(19-20-22)15-11-24-16(18-15)10-21-5-7-23-8-6-21/h1-4,9,11H,5-8,10H2. The van der Waals surface area contributed by atoms with Gasteiger partial charge in [0.15, 0.2) is 0 Å². The molecule has 0 spiro atoms. The van der Waals surface area contributed by atoms with Crippen LogP contribution in [0.3, 0.4) is 0 Å². The molecule has 3 aromatic rings. The van der Waals surface area contributed by atoms with Crippen molar-refractivity contribution in [3.8, 4) is 17.1 Å². The molecule has 0 aliphatic carbocycles. The van der Waals surface area contributed by atoms with Gasteiger partial charge in [-0.05, 0) is 24.3 Å². The molecule has 24 heavy (non-hydrogen) atoms. The molecule has 2 aromatic heterocycles. The number of benzene rings is 1. The molecule has 1 saturated heterocycles. The lowest BCUT2D eigenvalue weighted by atomic mass is 10.3. The Bertz CT molecular complexity index is 810. The number of aromatic nitrogens is 4. The van der Waals surface area contributed by atoms with Crippen LogP contribution in [0.15, 0.2) is 35.8 Å². The van der Waals surface area contributed by atoms with Gasteiger partial charge in [0.2, 0.25) is 0 Å².